The summed E-state index contributed by atoms with van der Waals surface area (Å²) in [4.78, 5) is 26.3. The molecule has 0 spiro atoms. The minimum absolute atomic E-state index is 0.0187. The summed E-state index contributed by atoms with van der Waals surface area (Å²) < 4.78 is 0. The maximum absolute atomic E-state index is 12.4. The van der Waals surface area contributed by atoms with Gasteiger partial charge in [0, 0.05) is 25.2 Å². The Kier molecular flexibility index (Phi) is 5.61. The van der Waals surface area contributed by atoms with Crippen molar-refractivity contribution in [3.8, 4) is 0 Å². The summed E-state index contributed by atoms with van der Waals surface area (Å²) in [6.45, 7) is 1.07. The van der Waals surface area contributed by atoms with Crippen molar-refractivity contribution in [1.29, 1.82) is 0 Å². The van der Waals surface area contributed by atoms with E-state index in [1.807, 2.05) is 30.3 Å². The minimum atomic E-state index is -0.349. The summed E-state index contributed by atoms with van der Waals surface area (Å²) in [6.07, 6.45) is 1.02. The van der Waals surface area contributed by atoms with Gasteiger partial charge in [-0.3, -0.25) is 9.59 Å². The summed E-state index contributed by atoms with van der Waals surface area (Å²) in [7, 11) is 0. The predicted octanol–water partition coefficient (Wildman–Crippen LogP) is 4.02. The molecular weight excluding hydrogens is 359 g/mol. The molecule has 6 heteroatoms. The van der Waals surface area contributed by atoms with Gasteiger partial charge in [0.15, 0.2) is 0 Å². The van der Waals surface area contributed by atoms with Crippen LogP contribution in [-0.4, -0.2) is 29.8 Å². The van der Waals surface area contributed by atoms with Crippen molar-refractivity contribution in [2.24, 2.45) is 5.92 Å². The molecule has 1 N–H and O–H groups in total. The standard InChI is InChI=1S/C19H18Cl2N2O2/c20-16-7-6-15(11-17(16)21)22-19(25)14-10-18(24)23(12-14)9-8-13-4-2-1-3-5-13/h1-7,11,14H,8-10,12H2,(H,22,25). The maximum Gasteiger partial charge on any atom is 0.229 e. The molecule has 1 saturated heterocycles. The molecule has 2 amide bonds. The largest absolute Gasteiger partial charge is 0.342 e. The molecule has 4 nitrogen and oxygen atoms in total. The van der Waals surface area contributed by atoms with E-state index in [1.165, 1.54) is 5.56 Å². The van der Waals surface area contributed by atoms with Gasteiger partial charge in [-0.15, -0.1) is 0 Å². The molecule has 25 heavy (non-hydrogen) atoms. The van der Waals surface area contributed by atoms with Gasteiger partial charge < -0.3 is 10.2 Å². The van der Waals surface area contributed by atoms with E-state index in [1.54, 1.807) is 23.1 Å². The fourth-order valence-electron chi connectivity index (χ4n) is 2.89. The highest BCUT2D eigenvalue weighted by atomic mass is 35.5. The third-order valence-electron chi connectivity index (χ3n) is 4.29. The highest BCUT2D eigenvalue weighted by molar-refractivity contribution is 6.42. The SMILES string of the molecule is O=C(Nc1ccc(Cl)c(Cl)c1)C1CC(=O)N(CCc2ccccc2)C1. The molecule has 2 aromatic carbocycles. The Bertz CT molecular complexity index is 780. The lowest BCUT2D eigenvalue weighted by Crippen LogP contribution is -2.30. The van der Waals surface area contributed by atoms with E-state index in [2.05, 4.69) is 5.32 Å². The van der Waals surface area contributed by atoms with Crippen LogP contribution < -0.4 is 5.32 Å². The summed E-state index contributed by atoms with van der Waals surface area (Å²) in [6, 6.07) is 14.9. The van der Waals surface area contributed by atoms with Crippen LogP contribution in [0.4, 0.5) is 5.69 Å². The number of hydrogen-bond donors (Lipinski definition) is 1. The first-order valence-electron chi connectivity index (χ1n) is 8.10. The number of nitrogens with one attached hydrogen (secondary N) is 1. The zero-order valence-corrected chi connectivity index (χ0v) is 15.1. The van der Waals surface area contributed by atoms with E-state index in [0.717, 1.165) is 6.42 Å². The molecule has 0 aliphatic carbocycles. The number of halogens is 2. The van der Waals surface area contributed by atoms with Crippen molar-refractivity contribution in [2.45, 2.75) is 12.8 Å². The Morgan fingerprint density at radius 3 is 2.60 bits per heavy atom. The van der Waals surface area contributed by atoms with E-state index >= 15 is 0 Å². The second kappa shape index (κ2) is 7.89. The number of carbonyl (C=O) groups excluding carboxylic acids is 2. The van der Waals surface area contributed by atoms with Gasteiger partial charge in [-0.25, -0.2) is 0 Å². The van der Waals surface area contributed by atoms with Crippen LogP contribution in [0.1, 0.15) is 12.0 Å². The molecule has 1 unspecified atom stereocenters. The van der Waals surface area contributed by atoms with Crippen LogP contribution in [0, 0.1) is 5.92 Å². The molecule has 0 saturated carbocycles. The monoisotopic (exact) mass is 376 g/mol. The lowest BCUT2D eigenvalue weighted by atomic mass is 10.1. The summed E-state index contributed by atoms with van der Waals surface area (Å²) >= 11 is 11.8. The molecule has 1 aliphatic rings. The van der Waals surface area contributed by atoms with Gasteiger partial charge in [0.1, 0.15) is 0 Å². The molecule has 2 aromatic rings. The van der Waals surface area contributed by atoms with Gasteiger partial charge in [-0.2, -0.15) is 0 Å². The van der Waals surface area contributed by atoms with Crippen molar-refractivity contribution in [3.05, 3.63) is 64.1 Å². The number of likely N-dealkylation sites (tertiary alicyclic amines) is 1. The van der Waals surface area contributed by atoms with Gasteiger partial charge in [0.25, 0.3) is 0 Å². The first-order chi connectivity index (χ1) is 12.0. The number of carbonyl (C=O) groups is 2. The molecule has 0 bridgehead atoms. The normalized spacial score (nSPS) is 17.0. The number of amides is 2. The molecule has 0 radical (unpaired) electrons. The molecular formula is C19H18Cl2N2O2. The van der Waals surface area contributed by atoms with Crippen molar-refractivity contribution >= 4 is 40.7 Å². The van der Waals surface area contributed by atoms with E-state index in [4.69, 9.17) is 23.2 Å². The molecule has 130 valence electrons. The Hall–Kier alpha value is -2.04. The third kappa shape index (κ3) is 4.53. The fourth-order valence-corrected chi connectivity index (χ4v) is 3.19. The summed E-state index contributed by atoms with van der Waals surface area (Å²) in [5, 5.41) is 3.62. The van der Waals surface area contributed by atoms with Crippen LogP contribution in [0.15, 0.2) is 48.5 Å². The second-order valence-corrected chi connectivity index (χ2v) is 6.91. The van der Waals surface area contributed by atoms with Crippen LogP contribution in [0.25, 0.3) is 0 Å². The van der Waals surface area contributed by atoms with Crippen LogP contribution >= 0.6 is 23.2 Å². The topological polar surface area (TPSA) is 49.4 Å². The van der Waals surface area contributed by atoms with Crippen molar-refractivity contribution in [2.75, 3.05) is 18.4 Å². The average molecular weight is 377 g/mol. The van der Waals surface area contributed by atoms with E-state index in [0.29, 0.717) is 28.8 Å². The summed E-state index contributed by atoms with van der Waals surface area (Å²) in [5.74, 6) is -0.503. The Balaban J connectivity index is 1.56. The molecule has 0 aromatic heterocycles. The zero-order chi connectivity index (χ0) is 17.8. The van der Waals surface area contributed by atoms with Crippen LogP contribution in [0.5, 0.6) is 0 Å². The van der Waals surface area contributed by atoms with E-state index in [-0.39, 0.29) is 24.2 Å². The Labute approximate surface area is 156 Å². The highest BCUT2D eigenvalue weighted by Crippen LogP contribution is 2.26. The first kappa shape index (κ1) is 17.8. The molecule has 1 atom stereocenters. The van der Waals surface area contributed by atoms with E-state index < -0.39 is 0 Å². The number of rotatable bonds is 5. The fraction of sp³-hybridized carbons (Fsp3) is 0.263. The molecule has 1 fully saturated rings. The predicted molar refractivity (Wildman–Crippen MR) is 99.9 cm³/mol. The number of anilines is 1. The highest BCUT2D eigenvalue weighted by Gasteiger charge is 2.34. The van der Waals surface area contributed by atoms with Gasteiger partial charge in [-0.1, -0.05) is 53.5 Å². The lowest BCUT2D eigenvalue weighted by Gasteiger charge is -2.16. The number of benzene rings is 2. The minimum Gasteiger partial charge on any atom is -0.342 e. The Morgan fingerprint density at radius 1 is 1.12 bits per heavy atom. The summed E-state index contributed by atoms with van der Waals surface area (Å²) in [5.41, 5.74) is 1.76. The van der Waals surface area contributed by atoms with Crippen LogP contribution in [0.2, 0.25) is 10.0 Å². The zero-order valence-electron chi connectivity index (χ0n) is 13.5. The van der Waals surface area contributed by atoms with Gasteiger partial charge in [0.2, 0.25) is 11.8 Å². The Morgan fingerprint density at radius 2 is 1.88 bits per heavy atom. The maximum atomic E-state index is 12.4. The van der Waals surface area contributed by atoms with Gasteiger partial charge in [-0.05, 0) is 30.2 Å². The van der Waals surface area contributed by atoms with Crippen LogP contribution in [0.3, 0.4) is 0 Å². The smallest absolute Gasteiger partial charge is 0.229 e. The third-order valence-corrected chi connectivity index (χ3v) is 5.02. The van der Waals surface area contributed by atoms with Crippen LogP contribution in [-0.2, 0) is 16.0 Å². The number of nitrogens with zero attached hydrogens (tertiary/aromatic N) is 1. The van der Waals surface area contributed by atoms with E-state index in [9.17, 15) is 9.59 Å². The molecule has 1 aliphatic heterocycles. The molecule has 3 rings (SSSR count). The quantitative estimate of drug-likeness (QED) is 0.856. The van der Waals surface area contributed by atoms with Crippen molar-refractivity contribution < 1.29 is 9.59 Å². The van der Waals surface area contributed by atoms with Crippen molar-refractivity contribution in [1.82, 2.24) is 4.90 Å². The average Bonchev–Trinajstić information content (AvgIpc) is 2.98. The van der Waals surface area contributed by atoms with Gasteiger partial charge >= 0.3 is 0 Å². The van der Waals surface area contributed by atoms with Crippen molar-refractivity contribution in [3.63, 3.8) is 0 Å². The molecule has 1 heterocycles. The second-order valence-electron chi connectivity index (χ2n) is 6.09. The first-order valence-corrected chi connectivity index (χ1v) is 8.86. The number of hydrogen-bond acceptors (Lipinski definition) is 2. The lowest BCUT2D eigenvalue weighted by molar-refractivity contribution is -0.128. The van der Waals surface area contributed by atoms with Gasteiger partial charge in [0.05, 0.1) is 16.0 Å².